The molecule has 1 aliphatic rings. The number of ether oxygens (including phenoxy) is 1. The zero-order chi connectivity index (χ0) is 19.3. The second kappa shape index (κ2) is 9.06. The Morgan fingerprint density at radius 1 is 1.23 bits per heavy atom. The Kier molecular flexibility index (Phi) is 7.06. The lowest BCUT2D eigenvalue weighted by molar-refractivity contribution is -0.135. The molecule has 5 heteroatoms. The highest BCUT2D eigenvalue weighted by molar-refractivity contribution is 5.83. The summed E-state index contributed by atoms with van der Waals surface area (Å²) in [7, 11) is 1.64. The van der Waals surface area contributed by atoms with Crippen LogP contribution in [0.25, 0.3) is 0 Å². The first-order valence-corrected chi connectivity index (χ1v) is 9.61. The molecule has 0 saturated carbocycles. The molecule has 2 atom stereocenters. The van der Waals surface area contributed by atoms with Crippen molar-refractivity contribution in [3.63, 3.8) is 0 Å². The average Bonchev–Trinajstić information content (AvgIpc) is 3.07. The van der Waals surface area contributed by atoms with Crippen LogP contribution in [0.2, 0.25) is 0 Å². The second-order valence-corrected chi connectivity index (χ2v) is 7.40. The maximum atomic E-state index is 13.1. The van der Waals surface area contributed by atoms with Gasteiger partial charge in [-0.2, -0.15) is 0 Å². The Bertz CT molecular complexity index is 625. The summed E-state index contributed by atoms with van der Waals surface area (Å²) in [5.41, 5.74) is 1.06. The molecule has 1 heterocycles. The van der Waals surface area contributed by atoms with Gasteiger partial charge in [0.15, 0.2) is 0 Å². The van der Waals surface area contributed by atoms with Crippen LogP contribution in [0.5, 0.6) is 5.75 Å². The van der Waals surface area contributed by atoms with Gasteiger partial charge in [-0.25, -0.2) is 0 Å². The largest absolute Gasteiger partial charge is 0.497 e. The van der Waals surface area contributed by atoms with E-state index in [4.69, 9.17) is 4.74 Å². The first-order chi connectivity index (χ1) is 12.4. The predicted molar refractivity (Wildman–Crippen MR) is 103 cm³/mol. The minimum atomic E-state index is -0.196. The molecule has 1 aromatic carbocycles. The highest BCUT2D eigenvalue weighted by Crippen LogP contribution is 2.36. The summed E-state index contributed by atoms with van der Waals surface area (Å²) in [6.07, 6.45) is 0.525. The van der Waals surface area contributed by atoms with E-state index < -0.39 is 0 Å². The summed E-state index contributed by atoms with van der Waals surface area (Å²) in [5.74, 6) is 1.19. The molecule has 26 heavy (non-hydrogen) atoms. The second-order valence-electron chi connectivity index (χ2n) is 7.40. The van der Waals surface area contributed by atoms with Crippen LogP contribution in [-0.4, -0.2) is 54.9 Å². The average molecular weight is 360 g/mol. The van der Waals surface area contributed by atoms with Crippen LogP contribution in [0.1, 0.15) is 45.6 Å². The van der Waals surface area contributed by atoms with Gasteiger partial charge in [0.05, 0.1) is 13.0 Å². The number of carbonyl (C=O) groups excluding carboxylic acids is 2. The fourth-order valence-electron chi connectivity index (χ4n) is 3.72. The van der Waals surface area contributed by atoms with Gasteiger partial charge in [0, 0.05) is 38.5 Å². The number of nitrogens with zero attached hydrogens (tertiary/aromatic N) is 2. The lowest BCUT2D eigenvalue weighted by Gasteiger charge is -2.26. The number of rotatable bonds is 7. The zero-order valence-corrected chi connectivity index (χ0v) is 16.7. The van der Waals surface area contributed by atoms with E-state index in [1.165, 1.54) is 0 Å². The van der Waals surface area contributed by atoms with E-state index in [1.54, 1.807) is 7.11 Å². The predicted octanol–water partition coefficient (Wildman–Crippen LogP) is 3.15. The van der Waals surface area contributed by atoms with E-state index in [0.717, 1.165) is 11.3 Å². The molecule has 1 aromatic rings. The zero-order valence-electron chi connectivity index (χ0n) is 16.7. The molecule has 1 saturated heterocycles. The number of hydrogen-bond donors (Lipinski definition) is 0. The monoisotopic (exact) mass is 360 g/mol. The SMILES string of the molecule is CCN(CC)C(=O)[C@@H]1CN(C(=O)CC(C)C)C[C@@H]1c1cccc(OC)c1. The fourth-order valence-corrected chi connectivity index (χ4v) is 3.72. The first kappa shape index (κ1) is 20.3. The summed E-state index contributed by atoms with van der Waals surface area (Å²) in [4.78, 5) is 29.4. The van der Waals surface area contributed by atoms with Crippen LogP contribution in [-0.2, 0) is 9.59 Å². The summed E-state index contributed by atoms with van der Waals surface area (Å²) in [6.45, 7) is 10.6. The maximum Gasteiger partial charge on any atom is 0.228 e. The van der Waals surface area contributed by atoms with Crippen LogP contribution in [0.15, 0.2) is 24.3 Å². The first-order valence-electron chi connectivity index (χ1n) is 9.61. The Morgan fingerprint density at radius 2 is 1.92 bits per heavy atom. The van der Waals surface area contributed by atoms with Crippen molar-refractivity contribution in [1.29, 1.82) is 0 Å². The van der Waals surface area contributed by atoms with Crippen molar-refractivity contribution in [3.05, 3.63) is 29.8 Å². The van der Waals surface area contributed by atoms with Crippen LogP contribution in [0.3, 0.4) is 0 Å². The normalized spacial score (nSPS) is 19.7. The third-order valence-corrected chi connectivity index (χ3v) is 5.17. The number of methoxy groups -OCH3 is 1. The number of amides is 2. The molecule has 5 nitrogen and oxygen atoms in total. The Labute approximate surface area is 157 Å². The van der Waals surface area contributed by atoms with E-state index in [0.29, 0.717) is 38.5 Å². The standard InChI is InChI=1S/C21H32N2O3/c1-6-22(7-2)21(25)19-14-23(20(24)11-15(3)4)13-18(19)16-9-8-10-17(12-16)26-5/h8-10,12,15,18-19H,6-7,11,13-14H2,1-5H3/t18-,19-/m1/s1. The lowest BCUT2D eigenvalue weighted by atomic mass is 9.88. The molecule has 2 rings (SSSR count). The molecule has 0 radical (unpaired) electrons. The van der Waals surface area contributed by atoms with Gasteiger partial charge in [0.2, 0.25) is 11.8 Å². The molecule has 0 N–H and O–H groups in total. The van der Waals surface area contributed by atoms with Crippen molar-refractivity contribution in [1.82, 2.24) is 9.80 Å². The van der Waals surface area contributed by atoms with Gasteiger partial charge in [-0.05, 0) is 37.5 Å². The topological polar surface area (TPSA) is 49.9 Å². The molecular formula is C21H32N2O3. The third kappa shape index (κ3) is 4.57. The molecule has 1 aliphatic heterocycles. The third-order valence-electron chi connectivity index (χ3n) is 5.17. The van der Waals surface area contributed by atoms with Gasteiger partial charge in [0.1, 0.15) is 5.75 Å². The van der Waals surface area contributed by atoms with Crippen molar-refractivity contribution < 1.29 is 14.3 Å². The van der Waals surface area contributed by atoms with Gasteiger partial charge in [0.25, 0.3) is 0 Å². The molecule has 0 aromatic heterocycles. The van der Waals surface area contributed by atoms with Gasteiger partial charge >= 0.3 is 0 Å². The Balaban J connectivity index is 2.30. The summed E-state index contributed by atoms with van der Waals surface area (Å²) in [5, 5.41) is 0. The van der Waals surface area contributed by atoms with Crippen molar-refractivity contribution in [2.45, 2.75) is 40.0 Å². The molecule has 2 amide bonds. The van der Waals surface area contributed by atoms with E-state index in [9.17, 15) is 9.59 Å². The quantitative estimate of drug-likeness (QED) is 0.750. The summed E-state index contributed by atoms with van der Waals surface area (Å²) in [6, 6.07) is 7.88. The van der Waals surface area contributed by atoms with E-state index in [1.807, 2.05) is 61.8 Å². The highest BCUT2D eigenvalue weighted by Gasteiger charge is 2.41. The maximum absolute atomic E-state index is 13.1. The number of hydrogen-bond acceptors (Lipinski definition) is 3. The van der Waals surface area contributed by atoms with Gasteiger partial charge in [-0.3, -0.25) is 9.59 Å². The van der Waals surface area contributed by atoms with Crippen LogP contribution >= 0.6 is 0 Å². The Hall–Kier alpha value is -2.04. The van der Waals surface area contributed by atoms with E-state index >= 15 is 0 Å². The van der Waals surface area contributed by atoms with Gasteiger partial charge in [-0.15, -0.1) is 0 Å². The van der Waals surface area contributed by atoms with Crippen molar-refractivity contribution in [3.8, 4) is 5.75 Å². The van der Waals surface area contributed by atoms with Gasteiger partial charge < -0.3 is 14.5 Å². The molecule has 0 bridgehead atoms. The summed E-state index contributed by atoms with van der Waals surface area (Å²) < 4.78 is 5.35. The molecule has 1 fully saturated rings. The fraction of sp³-hybridized carbons (Fsp3) is 0.619. The summed E-state index contributed by atoms with van der Waals surface area (Å²) >= 11 is 0. The molecule has 144 valence electrons. The lowest BCUT2D eigenvalue weighted by Crippen LogP contribution is -2.39. The minimum Gasteiger partial charge on any atom is -0.497 e. The molecule has 0 aliphatic carbocycles. The Morgan fingerprint density at radius 3 is 2.50 bits per heavy atom. The molecule has 0 unspecified atom stereocenters. The van der Waals surface area contributed by atoms with E-state index in [2.05, 4.69) is 0 Å². The van der Waals surface area contributed by atoms with Crippen molar-refractivity contribution >= 4 is 11.8 Å². The van der Waals surface area contributed by atoms with Crippen LogP contribution in [0, 0.1) is 11.8 Å². The van der Waals surface area contributed by atoms with Crippen LogP contribution < -0.4 is 4.74 Å². The van der Waals surface area contributed by atoms with E-state index in [-0.39, 0.29) is 23.7 Å². The minimum absolute atomic E-state index is 0.00862. The van der Waals surface area contributed by atoms with Crippen LogP contribution in [0.4, 0.5) is 0 Å². The molecular weight excluding hydrogens is 328 g/mol. The number of benzene rings is 1. The highest BCUT2D eigenvalue weighted by atomic mass is 16.5. The number of carbonyl (C=O) groups is 2. The van der Waals surface area contributed by atoms with Crippen molar-refractivity contribution in [2.24, 2.45) is 11.8 Å². The smallest absolute Gasteiger partial charge is 0.228 e. The molecule has 0 spiro atoms. The number of likely N-dealkylation sites (tertiary alicyclic amines) is 1. The van der Waals surface area contributed by atoms with Crippen molar-refractivity contribution in [2.75, 3.05) is 33.3 Å². The van der Waals surface area contributed by atoms with Gasteiger partial charge in [-0.1, -0.05) is 26.0 Å².